The molecule has 0 bridgehead atoms. The molecule has 0 unspecified atom stereocenters. The minimum atomic E-state index is -0.534. The van der Waals surface area contributed by atoms with Gasteiger partial charge in [-0.05, 0) is 50.1 Å². The number of amides is 2. The highest BCUT2D eigenvalue weighted by Crippen LogP contribution is 2.36. The molecule has 1 aliphatic rings. The van der Waals surface area contributed by atoms with Crippen molar-refractivity contribution in [1.82, 2.24) is 4.90 Å². The van der Waals surface area contributed by atoms with Gasteiger partial charge in [0.1, 0.15) is 5.82 Å². The summed E-state index contributed by atoms with van der Waals surface area (Å²) in [7, 11) is 0. The van der Waals surface area contributed by atoms with Crippen molar-refractivity contribution in [3.8, 4) is 0 Å². The lowest BCUT2D eigenvalue weighted by molar-refractivity contribution is 0.0670. The third-order valence-corrected chi connectivity index (χ3v) is 4.36. The van der Waals surface area contributed by atoms with Crippen LogP contribution in [0.15, 0.2) is 48.5 Å². The van der Waals surface area contributed by atoms with Crippen LogP contribution in [0.2, 0.25) is 0 Å². The molecule has 0 saturated heterocycles. The Morgan fingerprint density at radius 2 is 1.67 bits per heavy atom. The summed E-state index contributed by atoms with van der Waals surface area (Å²) in [5.74, 6) is -1.01. The molecule has 2 aromatic rings. The molecule has 1 saturated carbocycles. The van der Waals surface area contributed by atoms with E-state index >= 15 is 0 Å². The van der Waals surface area contributed by atoms with Crippen LogP contribution in [-0.4, -0.2) is 22.8 Å². The summed E-state index contributed by atoms with van der Waals surface area (Å²) in [6.07, 6.45) is 1.84. The fourth-order valence-corrected chi connectivity index (χ4v) is 2.90. The maximum atomic E-state index is 14.1. The van der Waals surface area contributed by atoms with Crippen molar-refractivity contribution in [2.75, 3.05) is 0 Å². The van der Waals surface area contributed by atoms with Gasteiger partial charge in [-0.15, -0.1) is 0 Å². The molecular formula is C19H19FN2O2. The van der Waals surface area contributed by atoms with Crippen LogP contribution in [0.25, 0.3) is 0 Å². The number of carbonyl (C=O) groups excluding carboxylic acids is 2. The van der Waals surface area contributed by atoms with E-state index in [4.69, 9.17) is 5.73 Å². The standard InChI is InChI=1S/C19H19FN2O2/c1-12(16-4-2-3-5-17(16)20)22(15-10-11-15)19(24)14-8-6-13(7-9-14)18(21)23/h2-9,12,15H,10-11H2,1H3,(H2,21,23)/t12-/m1/s1. The van der Waals surface area contributed by atoms with Crippen molar-refractivity contribution in [2.24, 2.45) is 5.73 Å². The van der Waals surface area contributed by atoms with Gasteiger partial charge in [-0.3, -0.25) is 9.59 Å². The SMILES string of the molecule is C[C@H](c1ccccc1F)N(C(=O)c1ccc(C(N)=O)cc1)C1CC1. The molecule has 2 N–H and O–H groups in total. The van der Waals surface area contributed by atoms with Crippen LogP contribution in [0.5, 0.6) is 0 Å². The van der Waals surface area contributed by atoms with Crippen LogP contribution in [0.3, 0.4) is 0 Å². The molecule has 3 rings (SSSR count). The zero-order valence-electron chi connectivity index (χ0n) is 13.4. The summed E-state index contributed by atoms with van der Waals surface area (Å²) >= 11 is 0. The highest BCUT2D eigenvalue weighted by Gasteiger charge is 2.37. The molecule has 4 nitrogen and oxygen atoms in total. The van der Waals surface area contributed by atoms with Gasteiger partial charge in [0.2, 0.25) is 5.91 Å². The molecule has 0 aromatic heterocycles. The van der Waals surface area contributed by atoms with E-state index in [0.717, 1.165) is 12.8 Å². The van der Waals surface area contributed by atoms with Crippen molar-refractivity contribution in [2.45, 2.75) is 31.8 Å². The molecule has 1 aliphatic carbocycles. The minimum absolute atomic E-state index is 0.128. The molecule has 24 heavy (non-hydrogen) atoms. The molecule has 1 atom stereocenters. The Balaban J connectivity index is 1.89. The Morgan fingerprint density at radius 1 is 1.08 bits per heavy atom. The zero-order valence-corrected chi connectivity index (χ0v) is 13.4. The van der Waals surface area contributed by atoms with Gasteiger partial charge in [0.15, 0.2) is 0 Å². The predicted molar refractivity (Wildman–Crippen MR) is 89.0 cm³/mol. The average molecular weight is 326 g/mol. The largest absolute Gasteiger partial charge is 0.366 e. The summed E-state index contributed by atoms with van der Waals surface area (Å²) in [4.78, 5) is 25.8. The van der Waals surface area contributed by atoms with Gasteiger partial charge >= 0.3 is 0 Å². The van der Waals surface area contributed by atoms with Gasteiger partial charge in [0, 0.05) is 22.7 Å². The van der Waals surface area contributed by atoms with Gasteiger partial charge in [-0.25, -0.2) is 4.39 Å². The molecule has 2 amide bonds. The number of halogens is 1. The molecule has 0 heterocycles. The number of nitrogens with two attached hydrogens (primary N) is 1. The van der Waals surface area contributed by atoms with E-state index < -0.39 is 5.91 Å². The van der Waals surface area contributed by atoms with Gasteiger partial charge in [-0.2, -0.15) is 0 Å². The van der Waals surface area contributed by atoms with Crippen molar-refractivity contribution in [1.29, 1.82) is 0 Å². The van der Waals surface area contributed by atoms with Gasteiger partial charge in [0.05, 0.1) is 6.04 Å². The summed E-state index contributed by atoms with van der Waals surface area (Å²) < 4.78 is 14.1. The molecule has 5 heteroatoms. The molecule has 0 spiro atoms. The Labute approximate surface area is 140 Å². The molecule has 2 aromatic carbocycles. The van der Waals surface area contributed by atoms with Gasteiger partial charge < -0.3 is 10.6 Å². The number of primary amides is 1. The Morgan fingerprint density at radius 3 is 2.21 bits per heavy atom. The summed E-state index contributed by atoms with van der Waals surface area (Å²) in [6, 6.07) is 12.5. The third kappa shape index (κ3) is 3.15. The highest BCUT2D eigenvalue weighted by atomic mass is 19.1. The van der Waals surface area contributed by atoms with Gasteiger partial charge in [0.25, 0.3) is 5.91 Å². The first-order valence-electron chi connectivity index (χ1n) is 7.96. The number of nitrogens with zero attached hydrogens (tertiary/aromatic N) is 1. The van der Waals surface area contributed by atoms with Gasteiger partial charge in [-0.1, -0.05) is 18.2 Å². The summed E-state index contributed by atoms with van der Waals surface area (Å²) in [5, 5.41) is 0. The van der Waals surface area contributed by atoms with E-state index in [1.807, 2.05) is 6.92 Å². The minimum Gasteiger partial charge on any atom is -0.366 e. The second-order valence-electron chi connectivity index (χ2n) is 6.08. The van der Waals surface area contributed by atoms with Crippen LogP contribution in [0.1, 0.15) is 52.1 Å². The van der Waals surface area contributed by atoms with Crippen LogP contribution in [-0.2, 0) is 0 Å². The summed E-state index contributed by atoms with van der Waals surface area (Å²) in [6.45, 7) is 1.84. The Bertz CT molecular complexity index is 769. The molecular weight excluding hydrogens is 307 g/mol. The van der Waals surface area contributed by atoms with E-state index in [9.17, 15) is 14.0 Å². The lowest BCUT2D eigenvalue weighted by Gasteiger charge is -2.30. The molecule has 1 fully saturated rings. The Kier molecular flexibility index (Phi) is 4.34. The Hall–Kier alpha value is -2.69. The number of benzene rings is 2. The first-order valence-corrected chi connectivity index (χ1v) is 7.96. The first-order chi connectivity index (χ1) is 11.5. The van der Waals surface area contributed by atoms with Crippen molar-refractivity contribution in [3.63, 3.8) is 0 Å². The van der Waals surface area contributed by atoms with Crippen LogP contribution in [0, 0.1) is 5.82 Å². The second kappa shape index (κ2) is 6.43. The quantitative estimate of drug-likeness (QED) is 0.916. The van der Waals surface area contributed by atoms with E-state index in [2.05, 4.69) is 0 Å². The molecule has 124 valence electrons. The van der Waals surface area contributed by atoms with Crippen LogP contribution >= 0.6 is 0 Å². The zero-order chi connectivity index (χ0) is 17.3. The van der Waals surface area contributed by atoms with E-state index in [1.54, 1.807) is 35.2 Å². The number of hydrogen-bond donors (Lipinski definition) is 1. The lowest BCUT2D eigenvalue weighted by atomic mass is 10.0. The molecule has 0 aliphatic heterocycles. The number of hydrogen-bond acceptors (Lipinski definition) is 2. The fourth-order valence-electron chi connectivity index (χ4n) is 2.90. The predicted octanol–water partition coefficient (Wildman–Crippen LogP) is 3.29. The van der Waals surface area contributed by atoms with E-state index in [0.29, 0.717) is 16.7 Å². The fraction of sp³-hybridized carbons (Fsp3) is 0.263. The average Bonchev–Trinajstić information content (AvgIpc) is 3.40. The highest BCUT2D eigenvalue weighted by molar-refractivity contribution is 5.97. The van der Waals surface area contributed by atoms with Crippen LogP contribution in [0.4, 0.5) is 4.39 Å². The maximum absolute atomic E-state index is 14.1. The van der Waals surface area contributed by atoms with E-state index in [-0.39, 0.29) is 23.8 Å². The normalized spacial score (nSPS) is 14.9. The second-order valence-corrected chi connectivity index (χ2v) is 6.08. The monoisotopic (exact) mass is 326 g/mol. The van der Waals surface area contributed by atoms with Crippen molar-refractivity contribution in [3.05, 3.63) is 71.0 Å². The van der Waals surface area contributed by atoms with Crippen LogP contribution < -0.4 is 5.73 Å². The maximum Gasteiger partial charge on any atom is 0.254 e. The third-order valence-electron chi connectivity index (χ3n) is 4.36. The molecule has 0 radical (unpaired) electrons. The lowest BCUT2D eigenvalue weighted by Crippen LogP contribution is -2.36. The van der Waals surface area contributed by atoms with E-state index in [1.165, 1.54) is 18.2 Å². The number of carbonyl (C=O) groups is 2. The first kappa shape index (κ1) is 16.2. The summed E-state index contributed by atoms with van der Waals surface area (Å²) in [5.41, 5.74) is 6.55. The topological polar surface area (TPSA) is 63.4 Å². The van der Waals surface area contributed by atoms with Crippen molar-refractivity contribution >= 4 is 11.8 Å². The van der Waals surface area contributed by atoms with Crippen molar-refractivity contribution < 1.29 is 14.0 Å². The smallest absolute Gasteiger partial charge is 0.254 e. The number of rotatable bonds is 5.